The molecule has 0 spiro atoms. The monoisotopic (exact) mass is 427 g/mol. The van der Waals surface area contributed by atoms with E-state index in [1.54, 1.807) is 24.3 Å². The van der Waals surface area contributed by atoms with E-state index in [1.165, 1.54) is 42.2 Å². The predicted octanol–water partition coefficient (Wildman–Crippen LogP) is 3.14. The predicted molar refractivity (Wildman–Crippen MR) is 119 cm³/mol. The molecule has 6 nitrogen and oxygen atoms in total. The van der Waals surface area contributed by atoms with Gasteiger partial charge >= 0.3 is 0 Å². The lowest BCUT2D eigenvalue weighted by atomic mass is 10.1. The summed E-state index contributed by atoms with van der Waals surface area (Å²) in [5.41, 5.74) is 3.51. The Labute approximate surface area is 178 Å². The summed E-state index contributed by atoms with van der Waals surface area (Å²) in [6, 6.07) is 15.2. The van der Waals surface area contributed by atoms with Crippen molar-refractivity contribution in [3.63, 3.8) is 0 Å². The van der Waals surface area contributed by atoms with Crippen LogP contribution in [0.5, 0.6) is 0 Å². The molecule has 2 aliphatic heterocycles. The Morgan fingerprint density at radius 1 is 0.833 bits per heavy atom. The van der Waals surface area contributed by atoms with E-state index in [4.69, 9.17) is 0 Å². The fourth-order valence-electron chi connectivity index (χ4n) is 4.13. The van der Waals surface area contributed by atoms with Gasteiger partial charge in [0.25, 0.3) is 5.91 Å². The number of benzene rings is 2. The number of likely N-dealkylation sites (tertiary alicyclic amines) is 1. The van der Waals surface area contributed by atoms with Crippen molar-refractivity contribution < 1.29 is 13.2 Å². The maximum absolute atomic E-state index is 12.5. The minimum absolute atomic E-state index is 0.164. The van der Waals surface area contributed by atoms with Crippen molar-refractivity contribution in [1.82, 2.24) is 10.2 Å². The van der Waals surface area contributed by atoms with Gasteiger partial charge in [-0.2, -0.15) is 0 Å². The molecule has 160 valence electrons. The van der Waals surface area contributed by atoms with Crippen LogP contribution in [0.15, 0.2) is 48.5 Å². The van der Waals surface area contributed by atoms with Gasteiger partial charge in [0, 0.05) is 25.2 Å². The van der Waals surface area contributed by atoms with Gasteiger partial charge in [-0.1, -0.05) is 30.7 Å². The normalized spacial score (nSPS) is 19.0. The molecule has 1 amide bonds. The van der Waals surface area contributed by atoms with E-state index in [0.717, 1.165) is 12.1 Å². The van der Waals surface area contributed by atoms with Gasteiger partial charge in [0.05, 0.1) is 11.4 Å². The largest absolute Gasteiger partial charge is 0.348 e. The molecule has 1 N–H and O–H groups in total. The van der Waals surface area contributed by atoms with Crippen LogP contribution in [0.4, 0.5) is 5.69 Å². The molecule has 0 aliphatic carbocycles. The molecule has 4 rings (SSSR count). The van der Waals surface area contributed by atoms with Gasteiger partial charge in [0.15, 0.2) is 0 Å². The van der Waals surface area contributed by atoms with Crippen LogP contribution in [0.2, 0.25) is 0 Å². The summed E-state index contributed by atoms with van der Waals surface area (Å²) in [6.45, 7) is 4.32. The number of carbonyl (C=O) groups excluding carboxylic acids is 1. The van der Waals surface area contributed by atoms with Crippen LogP contribution in [0.25, 0.3) is 0 Å². The minimum atomic E-state index is -3.20. The Morgan fingerprint density at radius 2 is 1.50 bits per heavy atom. The van der Waals surface area contributed by atoms with E-state index in [-0.39, 0.29) is 11.7 Å². The fourth-order valence-corrected chi connectivity index (χ4v) is 5.70. The highest BCUT2D eigenvalue weighted by atomic mass is 32.2. The minimum Gasteiger partial charge on any atom is -0.348 e. The van der Waals surface area contributed by atoms with Gasteiger partial charge in [-0.05, 0) is 67.7 Å². The number of hydrogen-bond donors (Lipinski definition) is 1. The topological polar surface area (TPSA) is 69.7 Å². The summed E-state index contributed by atoms with van der Waals surface area (Å²) in [4.78, 5) is 15.0. The second kappa shape index (κ2) is 9.18. The number of rotatable bonds is 6. The lowest BCUT2D eigenvalue weighted by molar-refractivity contribution is 0.0951. The zero-order chi connectivity index (χ0) is 21.0. The lowest BCUT2D eigenvalue weighted by Crippen LogP contribution is -2.29. The van der Waals surface area contributed by atoms with Gasteiger partial charge in [-0.15, -0.1) is 0 Å². The molecule has 2 saturated heterocycles. The standard InChI is InChI=1S/C23H29N3O3S/c27-23(21-9-11-22(12-10-21)26-15-4-16-30(26,28)29)24-17-19-5-7-20(8-6-19)18-25-13-2-1-3-14-25/h5-12H,1-4,13-18H2,(H,24,27). The van der Waals surface area contributed by atoms with E-state index in [2.05, 4.69) is 34.5 Å². The van der Waals surface area contributed by atoms with Crippen molar-refractivity contribution in [2.45, 2.75) is 38.8 Å². The smallest absolute Gasteiger partial charge is 0.251 e. The molecule has 0 saturated carbocycles. The zero-order valence-corrected chi connectivity index (χ0v) is 18.0. The maximum atomic E-state index is 12.5. The van der Waals surface area contributed by atoms with E-state index in [0.29, 0.717) is 30.8 Å². The third kappa shape index (κ3) is 5.02. The first-order chi connectivity index (χ1) is 14.5. The molecule has 7 heteroatoms. The quantitative estimate of drug-likeness (QED) is 0.769. The third-order valence-electron chi connectivity index (χ3n) is 5.85. The Morgan fingerprint density at radius 3 is 2.13 bits per heavy atom. The van der Waals surface area contributed by atoms with Crippen molar-refractivity contribution in [2.24, 2.45) is 0 Å². The average Bonchev–Trinajstić information content (AvgIpc) is 3.13. The van der Waals surface area contributed by atoms with Crippen molar-refractivity contribution in [3.05, 3.63) is 65.2 Å². The molecule has 30 heavy (non-hydrogen) atoms. The number of piperidine rings is 1. The molecular formula is C23H29N3O3S. The van der Waals surface area contributed by atoms with Crippen LogP contribution < -0.4 is 9.62 Å². The van der Waals surface area contributed by atoms with E-state index in [9.17, 15) is 13.2 Å². The molecule has 2 heterocycles. The molecule has 2 aromatic carbocycles. The average molecular weight is 428 g/mol. The zero-order valence-electron chi connectivity index (χ0n) is 17.2. The second-order valence-corrected chi connectivity index (χ2v) is 10.1. The van der Waals surface area contributed by atoms with Crippen molar-refractivity contribution in [1.29, 1.82) is 0 Å². The van der Waals surface area contributed by atoms with E-state index < -0.39 is 10.0 Å². The van der Waals surface area contributed by atoms with Gasteiger partial charge < -0.3 is 5.32 Å². The third-order valence-corrected chi connectivity index (χ3v) is 7.72. The first-order valence-electron chi connectivity index (χ1n) is 10.7. The summed E-state index contributed by atoms with van der Waals surface area (Å²) in [5, 5.41) is 2.94. The summed E-state index contributed by atoms with van der Waals surface area (Å²) < 4.78 is 25.5. The molecular weight excluding hydrogens is 398 g/mol. The second-order valence-electron chi connectivity index (χ2n) is 8.12. The van der Waals surface area contributed by atoms with Crippen molar-refractivity contribution in [3.8, 4) is 0 Å². The number of nitrogens with zero attached hydrogens (tertiary/aromatic N) is 2. The molecule has 0 aromatic heterocycles. The summed E-state index contributed by atoms with van der Waals surface area (Å²) in [7, 11) is -3.20. The Hall–Kier alpha value is -2.38. The number of sulfonamides is 1. The van der Waals surface area contributed by atoms with Crippen LogP contribution in [-0.4, -0.2) is 44.6 Å². The van der Waals surface area contributed by atoms with Crippen molar-refractivity contribution in [2.75, 3.05) is 29.7 Å². The maximum Gasteiger partial charge on any atom is 0.251 e. The fraction of sp³-hybridized carbons (Fsp3) is 0.435. The van der Waals surface area contributed by atoms with E-state index in [1.807, 2.05) is 0 Å². The molecule has 0 bridgehead atoms. The van der Waals surface area contributed by atoms with Crippen LogP contribution in [0.1, 0.15) is 47.2 Å². The van der Waals surface area contributed by atoms with Crippen molar-refractivity contribution >= 4 is 21.6 Å². The molecule has 2 aliphatic rings. The highest BCUT2D eigenvalue weighted by molar-refractivity contribution is 7.93. The van der Waals surface area contributed by atoms with Crippen LogP contribution >= 0.6 is 0 Å². The molecule has 0 unspecified atom stereocenters. The Kier molecular flexibility index (Phi) is 6.39. The number of carbonyl (C=O) groups is 1. The van der Waals surface area contributed by atoms with E-state index >= 15 is 0 Å². The molecule has 2 fully saturated rings. The number of nitrogens with one attached hydrogen (secondary N) is 1. The Balaban J connectivity index is 1.30. The Bertz CT molecular complexity index is 966. The first kappa shape index (κ1) is 20.9. The first-order valence-corrected chi connectivity index (χ1v) is 12.3. The lowest BCUT2D eigenvalue weighted by Gasteiger charge is -2.26. The highest BCUT2D eigenvalue weighted by Crippen LogP contribution is 2.24. The van der Waals surface area contributed by atoms with Gasteiger partial charge in [-0.3, -0.25) is 14.0 Å². The number of anilines is 1. The van der Waals surface area contributed by atoms with Crippen LogP contribution in [0.3, 0.4) is 0 Å². The number of amides is 1. The summed E-state index contributed by atoms with van der Waals surface area (Å²) in [6.07, 6.45) is 4.56. The van der Waals surface area contributed by atoms with Gasteiger partial charge in [0.2, 0.25) is 10.0 Å². The molecule has 0 radical (unpaired) electrons. The summed E-state index contributed by atoms with van der Waals surface area (Å²) in [5.74, 6) is 0.0229. The highest BCUT2D eigenvalue weighted by Gasteiger charge is 2.28. The SMILES string of the molecule is O=C(NCc1ccc(CN2CCCCC2)cc1)c1ccc(N2CCCS2(=O)=O)cc1. The molecule has 0 atom stereocenters. The van der Waals surface area contributed by atoms with Crippen LogP contribution in [-0.2, 0) is 23.1 Å². The number of hydrogen-bond acceptors (Lipinski definition) is 4. The van der Waals surface area contributed by atoms with Gasteiger partial charge in [-0.25, -0.2) is 8.42 Å². The van der Waals surface area contributed by atoms with Crippen LogP contribution in [0, 0.1) is 0 Å². The van der Waals surface area contributed by atoms with Gasteiger partial charge in [0.1, 0.15) is 0 Å². The molecule has 2 aromatic rings. The summed E-state index contributed by atoms with van der Waals surface area (Å²) >= 11 is 0.